The van der Waals surface area contributed by atoms with E-state index >= 15 is 0 Å². The van der Waals surface area contributed by atoms with Crippen molar-refractivity contribution < 1.29 is 14.6 Å². The van der Waals surface area contributed by atoms with Gasteiger partial charge in [-0.3, -0.25) is 4.79 Å². The van der Waals surface area contributed by atoms with Crippen LogP contribution in [-0.2, 0) is 0 Å². The maximum Gasteiger partial charge on any atom is 0.264 e. The molecule has 0 bridgehead atoms. The fourth-order valence-corrected chi connectivity index (χ4v) is 1.93. The van der Waals surface area contributed by atoms with E-state index in [1.54, 1.807) is 25.3 Å². The van der Waals surface area contributed by atoms with Gasteiger partial charge in [-0.25, -0.2) is 5.10 Å². The second kappa shape index (κ2) is 3.85. The van der Waals surface area contributed by atoms with E-state index in [9.17, 15) is 9.90 Å². The number of aromatic nitrogens is 2. The first-order chi connectivity index (χ1) is 8.69. The molecule has 2 N–H and O–H groups in total. The zero-order chi connectivity index (χ0) is 12.7. The second-order valence-electron chi connectivity index (χ2n) is 3.87. The highest BCUT2D eigenvalue weighted by Crippen LogP contribution is 2.41. The van der Waals surface area contributed by atoms with E-state index < -0.39 is 6.29 Å². The average molecular weight is 246 g/mol. The number of nitrogens with zero attached hydrogens (tertiary/aromatic N) is 1. The molecule has 3 rings (SSSR count). The predicted octanol–water partition coefficient (Wildman–Crippen LogP) is 0.829. The molecule has 6 heteroatoms. The lowest BCUT2D eigenvalue weighted by Gasteiger charge is -2.23. The molecule has 1 aromatic heterocycles. The first-order valence-electron chi connectivity index (χ1n) is 5.32. The number of fused-ring (bicyclic) bond motifs is 3. The summed E-state index contributed by atoms with van der Waals surface area (Å²) >= 11 is 0. The van der Waals surface area contributed by atoms with Crippen LogP contribution in [-0.4, -0.2) is 22.4 Å². The number of methoxy groups -OCH3 is 1. The van der Waals surface area contributed by atoms with Gasteiger partial charge < -0.3 is 14.6 Å². The van der Waals surface area contributed by atoms with Gasteiger partial charge in [0.1, 0.15) is 17.2 Å². The van der Waals surface area contributed by atoms with Gasteiger partial charge in [-0.15, -0.1) is 0 Å². The van der Waals surface area contributed by atoms with Crippen molar-refractivity contribution in [1.29, 1.82) is 0 Å². The molecule has 2 aromatic rings. The van der Waals surface area contributed by atoms with Crippen LogP contribution in [0.25, 0.3) is 11.3 Å². The maximum absolute atomic E-state index is 11.2. The lowest BCUT2D eigenvalue weighted by atomic mass is 10.0. The largest absolute Gasteiger partial charge is 0.497 e. The van der Waals surface area contributed by atoms with Gasteiger partial charge in [0.05, 0.1) is 12.7 Å². The van der Waals surface area contributed by atoms with Crippen molar-refractivity contribution in [3.05, 3.63) is 40.2 Å². The van der Waals surface area contributed by atoms with Gasteiger partial charge in [-0.1, -0.05) is 0 Å². The molecule has 1 aromatic carbocycles. The van der Waals surface area contributed by atoms with E-state index in [2.05, 4.69) is 10.2 Å². The Bertz CT molecular complexity index is 665. The topological polar surface area (TPSA) is 84.4 Å². The fraction of sp³-hybridized carbons (Fsp3) is 0.167. The van der Waals surface area contributed by atoms with Crippen LogP contribution in [0.5, 0.6) is 11.5 Å². The summed E-state index contributed by atoms with van der Waals surface area (Å²) in [5.41, 5.74) is 1.12. The Morgan fingerprint density at radius 2 is 2.28 bits per heavy atom. The minimum atomic E-state index is -1.18. The highest BCUT2D eigenvalue weighted by molar-refractivity contribution is 5.73. The highest BCUT2D eigenvalue weighted by atomic mass is 16.6. The van der Waals surface area contributed by atoms with Crippen LogP contribution < -0.4 is 15.0 Å². The number of rotatable bonds is 1. The van der Waals surface area contributed by atoms with Gasteiger partial charge >= 0.3 is 0 Å². The molecule has 1 atom stereocenters. The molecule has 0 amide bonds. The number of aromatic amines is 1. The molecule has 92 valence electrons. The Kier molecular flexibility index (Phi) is 2.31. The number of aliphatic hydroxyl groups is 1. The molecule has 0 saturated heterocycles. The number of nitrogens with one attached hydrogen (secondary N) is 1. The summed E-state index contributed by atoms with van der Waals surface area (Å²) in [7, 11) is 1.56. The molecule has 0 saturated carbocycles. The zero-order valence-corrected chi connectivity index (χ0v) is 9.51. The Balaban J connectivity index is 2.26. The number of ether oxygens (including phenoxy) is 2. The van der Waals surface area contributed by atoms with Crippen LogP contribution in [0, 0.1) is 0 Å². The Labute approximate surface area is 102 Å². The predicted molar refractivity (Wildman–Crippen MR) is 62.4 cm³/mol. The monoisotopic (exact) mass is 246 g/mol. The summed E-state index contributed by atoms with van der Waals surface area (Å²) in [6.07, 6.45) is -1.18. The third-order valence-electron chi connectivity index (χ3n) is 2.78. The van der Waals surface area contributed by atoms with Crippen molar-refractivity contribution in [3.63, 3.8) is 0 Å². The van der Waals surface area contributed by atoms with Crippen LogP contribution in [0.3, 0.4) is 0 Å². The van der Waals surface area contributed by atoms with Crippen molar-refractivity contribution in [3.8, 4) is 22.8 Å². The summed E-state index contributed by atoms with van der Waals surface area (Å²) in [4.78, 5) is 11.2. The molecule has 0 aliphatic carbocycles. The van der Waals surface area contributed by atoms with E-state index in [0.29, 0.717) is 28.3 Å². The first-order valence-corrected chi connectivity index (χ1v) is 5.32. The summed E-state index contributed by atoms with van der Waals surface area (Å²) in [6.45, 7) is 0. The average Bonchev–Trinajstić information content (AvgIpc) is 2.39. The number of hydrogen-bond donors (Lipinski definition) is 2. The molecule has 0 fully saturated rings. The molecule has 1 unspecified atom stereocenters. The maximum atomic E-state index is 11.2. The highest BCUT2D eigenvalue weighted by Gasteiger charge is 2.26. The summed E-state index contributed by atoms with van der Waals surface area (Å²) in [5.74, 6) is 1.14. The minimum absolute atomic E-state index is 0.347. The summed E-state index contributed by atoms with van der Waals surface area (Å²) in [5, 5.41) is 16.1. The molecular formula is C12H10N2O4. The van der Waals surface area contributed by atoms with Crippen molar-refractivity contribution in [2.45, 2.75) is 6.29 Å². The van der Waals surface area contributed by atoms with Crippen LogP contribution in [0.15, 0.2) is 29.1 Å². The van der Waals surface area contributed by atoms with E-state index in [4.69, 9.17) is 9.47 Å². The SMILES string of the molecule is COc1ccc2c(c1)-c1n[nH]c(=O)cc1C(O)O2. The minimum Gasteiger partial charge on any atom is -0.497 e. The van der Waals surface area contributed by atoms with Gasteiger partial charge in [-0.2, -0.15) is 5.10 Å². The van der Waals surface area contributed by atoms with E-state index in [1.165, 1.54) is 6.07 Å². The number of H-pyrrole nitrogens is 1. The normalized spacial score (nSPS) is 16.4. The second-order valence-corrected chi connectivity index (χ2v) is 3.87. The van der Waals surface area contributed by atoms with Crippen molar-refractivity contribution >= 4 is 0 Å². The van der Waals surface area contributed by atoms with Crippen LogP contribution in [0.1, 0.15) is 11.9 Å². The van der Waals surface area contributed by atoms with E-state index in [-0.39, 0.29) is 5.56 Å². The zero-order valence-electron chi connectivity index (χ0n) is 9.51. The van der Waals surface area contributed by atoms with Gasteiger partial charge in [0.2, 0.25) is 6.29 Å². The van der Waals surface area contributed by atoms with Crippen LogP contribution in [0.2, 0.25) is 0 Å². The third-order valence-corrected chi connectivity index (χ3v) is 2.78. The quantitative estimate of drug-likeness (QED) is 0.778. The number of hydrogen-bond acceptors (Lipinski definition) is 5. The molecule has 2 heterocycles. The molecule has 0 spiro atoms. The third kappa shape index (κ3) is 1.54. The van der Waals surface area contributed by atoms with E-state index in [0.717, 1.165) is 0 Å². The molecule has 1 aliphatic heterocycles. The molecule has 18 heavy (non-hydrogen) atoms. The van der Waals surface area contributed by atoms with Gasteiger partial charge in [0.15, 0.2) is 0 Å². The molecule has 6 nitrogen and oxygen atoms in total. The van der Waals surface area contributed by atoms with Gasteiger partial charge in [-0.05, 0) is 18.2 Å². The molecule has 0 radical (unpaired) electrons. The molecule has 1 aliphatic rings. The Morgan fingerprint density at radius 3 is 3.06 bits per heavy atom. The van der Waals surface area contributed by atoms with Crippen molar-refractivity contribution in [2.75, 3.05) is 7.11 Å². The van der Waals surface area contributed by atoms with E-state index in [1.807, 2.05) is 0 Å². The van der Waals surface area contributed by atoms with Crippen molar-refractivity contribution in [1.82, 2.24) is 10.2 Å². The summed E-state index contributed by atoms with van der Waals surface area (Å²) in [6, 6.07) is 6.43. The molecular weight excluding hydrogens is 236 g/mol. The standard InChI is InChI=1S/C12H10N2O4/c1-17-6-2-3-9-7(4-6)11-8(12(16)18-9)5-10(15)13-14-11/h2-5,12,16H,1H3,(H,13,15). The van der Waals surface area contributed by atoms with Crippen LogP contribution >= 0.6 is 0 Å². The van der Waals surface area contributed by atoms with Crippen molar-refractivity contribution in [2.24, 2.45) is 0 Å². The van der Waals surface area contributed by atoms with Gasteiger partial charge in [0.25, 0.3) is 5.56 Å². The smallest absolute Gasteiger partial charge is 0.264 e. The Hall–Kier alpha value is -2.34. The lowest BCUT2D eigenvalue weighted by molar-refractivity contribution is -0.0219. The first kappa shape index (κ1) is 10.8. The lowest BCUT2D eigenvalue weighted by Crippen LogP contribution is -2.19. The fourth-order valence-electron chi connectivity index (χ4n) is 1.93. The Morgan fingerprint density at radius 1 is 1.44 bits per heavy atom. The number of benzene rings is 1. The van der Waals surface area contributed by atoms with Gasteiger partial charge in [0, 0.05) is 11.6 Å². The van der Waals surface area contributed by atoms with Crippen LogP contribution in [0.4, 0.5) is 0 Å². The number of aliphatic hydroxyl groups excluding tert-OH is 1. The summed E-state index contributed by atoms with van der Waals surface area (Å²) < 4.78 is 10.4.